The summed E-state index contributed by atoms with van der Waals surface area (Å²) in [5, 5.41) is 2.97. The lowest BCUT2D eigenvalue weighted by atomic mass is 9.89. The van der Waals surface area contributed by atoms with E-state index in [1.807, 2.05) is 38.1 Å². The summed E-state index contributed by atoms with van der Waals surface area (Å²) < 4.78 is 5.72. The highest BCUT2D eigenvalue weighted by atomic mass is 16.5. The minimum absolute atomic E-state index is 0.0364. The number of aromatic nitrogens is 2. The van der Waals surface area contributed by atoms with Crippen LogP contribution in [0.15, 0.2) is 24.3 Å². The van der Waals surface area contributed by atoms with Crippen molar-refractivity contribution in [2.45, 2.75) is 39.5 Å². The molecule has 21 heavy (non-hydrogen) atoms. The van der Waals surface area contributed by atoms with Gasteiger partial charge in [-0.15, -0.1) is 0 Å². The summed E-state index contributed by atoms with van der Waals surface area (Å²) in [5.41, 5.74) is 1.91. The number of amides is 1. The van der Waals surface area contributed by atoms with Crippen LogP contribution in [0.25, 0.3) is 11.0 Å². The number of H-pyrrole nitrogens is 1. The van der Waals surface area contributed by atoms with Crippen molar-refractivity contribution in [2.24, 2.45) is 11.8 Å². The second-order valence-corrected chi connectivity index (χ2v) is 5.85. The molecule has 112 valence electrons. The number of imidazole rings is 1. The van der Waals surface area contributed by atoms with Crippen LogP contribution in [-0.2, 0) is 16.1 Å². The summed E-state index contributed by atoms with van der Waals surface area (Å²) in [7, 11) is 0. The Morgan fingerprint density at radius 2 is 2.05 bits per heavy atom. The van der Waals surface area contributed by atoms with E-state index in [0.29, 0.717) is 6.54 Å². The maximum atomic E-state index is 12.4. The quantitative estimate of drug-likeness (QED) is 0.909. The number of nitrogens with zero attached hydrogens (tertiary/aromatic N) is 1. The van der Waals surface area contributed by atoms with E-state index in [1.54, 1.807) is 0 Å². The van der Waals surface area contributed by atoms with Crippen molar-refractivity contribution in [2.75, 3.05) is 0 Å². The highest BCUT2D eigenvalue weighted by Crippen LogP contribution is 2.32. The second-order valence-electron chi connectivity index (χ2n) is 5.85. The van der Waals surface area contributed by atoms with Crippen molar-refractivity contribution in [3.05, 3.63) is 30.1 Å². The molecule has 1 saturated heterocycles. The van der Waals surface area contributed by atoms with Gasteiger partial charge in [-0.05, 0) is 31.9 Å². The van der Waals surface area contributed by atoms with Gasteiger partial charge in [0.15, 0.2) is 0 Å². The number of para-hydroxylation sites is 2. The monoisotopic (exact) mass is 287 g/mol. The van der Waals surface area contributed by atoms with Crippen molar-refractivity contribution < 1.29 is 9.53 Å². The van der Waals surface area contributed by atoms with Crippen molar-refractivity contribution in [1.82, 2.24) is 15.3 Å². The third-order valence-electron chi connectivity index (χ3n) is 4.41. The van der Waals surface area contributed by atoms with Crippen LogP contribution < -0.4 is 5.32 Å². The van der Waals surface area contributed by atoms with Crippen LogP contribution in [0, 0.1) is 11.8 Å². The van der Waals surface area contributed by atoms with E-state index in [4.69, 9.17) is 4.74 Å². The Morgan fingerprint density at radius 1 is 1.29 bits per heavy atom. The van der Waals surface area contributed by atoms with Gasteiger partial charge in [0.1, 0.15) is 5.82 Å². The maximum absolute atomic E-state index is 12.4. The van der Waals surface area contributed by atoms with Gasteiger partial charge in [0.05, 0.1) is 35.7 Å². The van der Waals surface area contributed by atoms with E-state index in [-0.39, 0.29) is 30.0 Å². The molecule has 1 aromatic heterocycles. The number of nitrogens with one attached hydrogen (secondary N) is 2. The minimum Gasteiger partial charge on any atom is -0.374 e. The van der Waals surface area contributed by atoms with Gasteiger partial charge in [-0.1, -0.05) is 19.1 Å². The Bertz CT molecular complexity index is 619. The van der Waals surface area contributed by atoms with Crippen molar-refractivity contribution in [1.29, 1.82) is 0 Å². The zero-order valence-corrected chi connectivity index (χ0v) is 12.6. The normalized spacial score (nSPS) is 28.9. The van der Waals surface area contributed by atoms with Crippen molar-refractivity contribution in [3.63, 3.8) is 0 Å². The van der Waals surface area contributed by atoms with Crippen LogP contribution in [0.5, 0.6) is 0 Å². The van der Waals surface area contributed by atoms with Crippen molar-refractivity contribution in [3.8, 4) is 0 Å². The molecule has 4 atom stereocenters. The zero-order valence-electron chi connectivity index (χ0n) is 12.6. The molecular formula is C16H21N3O2. The summed E-state index contributed by atoms with van der Waals surface area (Å²) in [4.78, 5) is 20.0. The summed E-state index contributed by atoms with van der Waals surface area (Å²) in [6, 6.07) is 7.84. The third kappa shape index (κ3) is 2.65. The van der Waals surface area contributed by atoms with Gasteiger partial charge in [-0.2, -0.15) is 0 Å². The maximum Gasteiger partial charge on any atom is 0.226 e. The molecule has 0 spiro atoms. The Labute approximate surface area is 124 Å². The highest BCUT2D eigenvalue weighted by Gasteiger charge is 2.41. The molecule has 0 bridgehead atoms. The number of ether oxygens (including phenoxy) is 1. The van der Waals surface area contributed by atoms with E-state index < -0.39 is 0 Å². The molecule has 2 N–H and O–H groups in total. The Kier molecular flexibility index (Phi) is 3.68. The first kappa shape index (κ1) is 14.1. The lowest BCUT2D eigenvalue weighted by molar-refractivity contribution is -0.127. The molecule has 1 fully saturated rings. The fraction of sp³-hybridized carbons (Fsp3) is 0.500. The van der Waals surface area contributed by atoms with E-state index >= 15 is 0 Å². The molecule has 2 aromatic rings. The molecule has 4 unspecified atom stereocenters. The Balaban J connectivity index is 1.65. The second kappa shape index (κ2) is 5.48. The fourth-order valence-corrected chi connectivity index (χ4v) is 3.10. The number of carbonyl (C=O) groups is 1. The molecule has 1 aliphatic heterocycles. The number of hydrogen-bond acceptors (Lipinski definition) is 3. The summed E-state index contributed by atoms with van der Waals surface area (Å²) in [5.74, 6) is 0.955. The van der Waals surface area contributed by atoms with Crippen LogP contribution in [0.1, 0.15) is 26.6 Å². The summed E-state index contributed by atoms with van der Waals surface area (Å²) >= 11 is 0. The SMILES string of the molecule is CC1OC(C)C(C(=O)NCc2nc3ccccc3[nH]2)C1C. The number of hydrogen-bond donors (Lipinski definition) is 2. The smallest absolute Gasteiger partial charge is 0.226 e. The van der Waals surface area contributed by atoms with Gasteiger partial charge in [0.2, 0.25) is 5.91 Å². The van der Waals surface area contributed by atoms with Gasteiger partial charge in [-0.25, -0.2) is 4.98 Å². The average Bonchev–Trinajstić information content (AvgIpc) is 2.97. The number of rotatable bonds is 3. The van der Waals surface area contributed by atoms with Crippen LogP contribution in [0.2, 0.25) is 0 Å². The first-order valence-electron chi connectivity index (χ1n) is 7.43. The molecule has 5 nitrogen and oxygen atoms in total. The van der Waals surface area contributed by atoms with Gasteiger partial charge in [0.25, 0.3) is 0 Å². The molecule has 5 heteroatoms. The molecular weight excluding hydrogens is 266 g/mol. The van der Waals surface area contributed by atoms with E-state index in [9.17, 15) is 4.79 Å². The number of fused-ring (bicyclic) bond motifs is 1. The van der Waals surface area contributed by atoms with E-state index in [2.05, 4.69) is 22.2 Å². The molecule has 1 amide bonds. The van der Waals surface area contributed by atoms with Gasteiger partial charge in [0, 0.05) is 0 Å². The molecule has 0 saturated carbocycles. The minimum atomic E-state index is -0.0932. The highest BCUT2D eigenvalue weighted by molar-refractivity contribution is 5.80. The van der Waals surface area contributed by atoms with Crippen LogP contribution in [0.4, 0.5) is 0 Å². The predicted octanol–water partition coefficient (Wildman–Crippen LogP) is 2.24. The summed E-state index contributed by atoms with van der Waals surface area (Å²) in [6.45, 7) is 6.47. The molecule has 0 aliphatic carbocycles. The first-order valence-corrected chi connectivity index (χ1v) is 7.43. The first-order chi connectivity index (χ1) is 10.1. The third-order valence-corrected chi connectivity index (χ3v) is 4.41. The van der Waals surface area contributed by atoms with Crippen LogP contribution in [-0.4, -0.2) is 28.1 Å². The Hall–Kier alpha value is -1.88. The fourth-order valence-electron chi connectivity index (χ4n) is 3.10. The Morgan fingerprint density at radius 3 is 2.71 bits per heavy atom. The molecule has 1 aliphatic rings. The van der Waals surface area contributed by atoms with Gasteiger partial charge in [-0.3, -0.25) is 4.79 Å². The van der Waals surface area contributed by atoms with Crippen LogP contribution in [0.3, 0.4) is 0 Å². The topological polar surface area (TPSA) is 67.0 Å². The van der Waals surface area contributed by atoms with E-state index in [1.165, 1.54) is 0 Å². The lowest BCUT2D eigenvalue weighted by Gasteiger charge is -2.17. The number of benzene rings is 1. The standard InChI is InChI=1S/C16H21N3O2/c1-9-10(2)21-11(3)15(9)16(20)17-8-14-18-12-6-4-5-7-13(12)19-14/h4-7,9-11,15H,8H2,1-3H3,(H,17,20)(H,18,19). The van der Waals surface area contributed by atoms with Crippen molar-refractivity contribution >= 4 is 16.9 Å². The molecule has 2 heterocycles. The number of aromatic amines is 1. The molecule has 0 radical (unpaired) electrons. The summed E-state index contributed by atoms with van der Waals surface area (Å²) in [6.07, 6.45) is 0.0904. The van der Waals surface area contributed by atoms with Gasteiger partial charge >= 0.3 is 0 Å². The average molecular weight is 287 g/mol. The zero-order chi connectivity index (χ0) is 15.0. The largest absolute Gasteiger partial charge is 0.374 e. The molecule has 3 rings (SSSR count). The predicted molar refractivity (Wildman–Crippen MR) is 80.6 cm³/mol. The number of carbonyl (C=O) groups excluding carboxylic acids is 1. The lowest BCUT2D eigenvalue weighted by Crippen LogP contribution is -2.37. The molecule has 1 aromatic carbocycles. The van der Waals surface area contributed by atoms with E-state index in [0.717, 1.165) is 16.9 Å². The van der Waals surface area contributed by atoms with Gasteiger partial charge < -0.3 is 15.0 Å². The van der Waals surface area contributed by atoms with Crippen LogP contribution >= 0.6 is 0 Å².